The van der Waals surface area contributed by atoms with E-state index in [1.54, 1.807) is 19.2 Å². The van der Waals surface area contributed by atoms with Crippen LogP contribution in [0.4, 0.5) is 0 Å². The third kappa shape index (κ3) is 6.75. The predicted octanol–water partition coefficient (Wildman–Crippen LogP) is 1.47. The van der Waals surface area contributed by atoms with Gasteiger partial charge in [0.1, 0.15) is 5.75 Å². The molecule has 0 saturated carbocycles. The van der Waals surface area contributed by atoms with Crippen molar-refractivity contribution in [3.8, 4) is 5.75 Å². The van der Waals surface area contributed by atoms with E-state index in [4.69, 9.17) is 9.47 Å². The quantitative estimate of drug-likeness (QED) is 0.678. The number of nitrogens with one attached hydrogen (secondary N) is 2. The Morgan fingerprint density at radius 1 is 1.20 bits per heavy atom. The number of benzene rings is 1. The van der Waals surface area contributed by atoms with E-state index in [0.717, 1.165) is 6.54 Å². The van der Waals surface area contributed by atoms with Crippen LogP contribution < -0.4 is 15.4 Å². The molecule has 0 bridgehead atoms. The van der Waals surface area contributed by atoms with Gasteiger partial charge in [-0.05, 0) is 19.1 Å². The molecule has 5 nitrogen and oxygen atoms in total. The number of methoxy groups -OCH3 is 1. The van der Waals surface area contributed by atoms with Crippen molar-refractivity contribution in [2.75, 3.05) is 40.0 Å². The number of rotatable bonds is 9. The molecule has 0 aliphatic rings. The zero-order valence-electron chi connectivity index (χ0n) is 12.0. The lowest BCUT2D eigenvalue weighted by Gasteiger charge is -2.10. The summed E-state index contributed by atoms with van der Waals surface area (Å²) < 4.78 is 10.3. The van der Waals surface area contributed by atoms with Crippen LogP contribution in [0.25, 0.3) is 0 Å². The fourth-order valence-electron chi connectivity index (χ4n) is 1.59. The summed E-state index contributed by atoms with van der Waals surface area (Å²) >= 11 is 0. The van der Waals surface area contributed by atoms with Gasteiger partial charge in [0, 0.05) is 26.7 Å². The van der Waals surface area contributed by atoms with Crippen molar-refractivity contribution in [2.45, 2.75) is 6.92 Å². The Bertz CT molecular complexity index is 388. The molecule has 1 aromatic carbocycles. The maximum atomic E-state index is 12.0. The van der Waals surface area contributed by atoms with Gasteiger partial charge in [0.15, 0.2) is 0 Å². The molecule has 114 valence electrons. The molecule has 20 heavy (non-hydrogen) atoms. The molecule has 0 aliphatic heterocycles. The van der Waals surface area contributed by atoms with Crippen LogP contribution in [0.5, 0.6) is 5.75 Å². The SMILES string of the molecule is CCOc1ccccc1C(=O)NCCNCCOC.Cl. The maximum Gasteiger partial charge on any atom is 0.255 e. The molecule has 0 fully saturated rings. The highest BCUT2D eigenvalue weighted by Gasteiger charge is 2.10. The third-order valence-electron chi connectivity index (χ3n) is 2.50. The molecule has 2 N–H and O–H groups in total. The first kappa shape index (κ1) is 18.7. The second-order valence-electron chi connectivity index (χ2n) is 3.93. The normalized spacial score (nSPS) is 9.70. The Morgan fingerprint density at radius 2 is 1.95 bits per heavy atom. The van der Waals surface area contributed by atoms with Crippen molar-refractivity contribution in [2.24, 2.45) is 0 Å². The highest BCUT2D eigenvalue weighted by atomic mass is 35.5. The van der Waals surface area contributed by atoms with Crippen LogP contribution in [0, 0.1) is 0 Å². The Morgan fingerprint density at radius 3 is 2.65 bits per heavy atom. The van der Waals surface area contributed by atoms with Crippen LogP contribution in [0.2, 0.25) is 0 Å². The molecule has 1 aromatic rings. The van der Waals surface area contributed by atoms with Gasteiger partial charge in [-0.25, -0.2) is 0 Å². The van der Waals surface area contributed by atoms with E-state index in [1.807, 2.05) is 19.1 Å². The summed E-state index contributed by atoms with van der Waals surface area (Å²) in [6, 6.07) is 7.25. The second kappa shape index (κ2) is 11.5. The Labute approximate surface area is 126 Å². The van der Waals surface area contributed by atoms with E-state index in [0.29, 0.717) is 37.6 Å². The fourth-order valence-corrected chi connectivity index (χ4v) is 1.59. The van der Waals surface area contributed by atoms with Gasteiger partial charge < -0.3 is 20.1 Å². The van der Waals surface area contributed by atoms with Crippen molar-refractivity contribution in [1.29, 1.82) is 0 Å². The van der Waals surface area contributed by atoms with Gasteiger partial charge in [0.05, 0.1) is 18.8 Å². The van der Waals surface area contributed by atoms with Crippen molar-refractivity contribution in [1.82, 2.24) is 10.6 Å². The van der Waals surface area contributed by atoms with Gasteiger partial charge in [0.25, 0.3) is 5.91 Å². The van der Waals surface area contributed by atoms with Crippen LogP contribution >= 0.6 is 12.4 Å². The Hall–Kier alpha value is -1.30. The van der Waals surface area contributed by atoms with Crippen LogP contribution in [0.1, 0.15) is 17.3 Å². The molecular formula is C14H23ClN2O3. The first-order valence-corrected chi connectivity index (χ1v) is 6.49. The lowest BCUT2D eigenvalue weighted by Crippen LogP contribution is -2.33. The summed E-state index contributed by atoms with van der Waals surface area (Å²) in [6.45, 7) is 5.18. The van der Waals surface area contributed by atoms with Gasteiger partial charge in [-0.2, -0.15) is 0 Å². The molecule has 0 atom stereocenters. The molecule has 0 aliphatic carbocycles. The molecule has 0 unspecified atom stereocenters. The maximum absolute atomic E-state index is 12.0. The summed E-state index contributed by atoms with van der Waals surface area (Å²) in [7, 11) is 1.66. The number of halogens is 1. The molecule has 0 spiro atoms. The van der Waals surface area contributed by atoms with E-state index in [1.165, 1.54) is 0 Å². The summed E-state index contributed by atoms with van der Waals surface area (Å²) in [5.41, 5.74) is 0.571. The van der Waals surface area contributed by atoms with Gasteiger partial charge in [0.2, 0.25) is 0 Å². The topological polar surface area (TPSA) is 59.6 Å². The number of carbonyl (C=O) groups excluding carboxylic acids is 1. The summed E-state index contributed by atoms with van der Waals surface area (Å²) in [5, 5.41) is 6.01. The number of ether oxygens (including phenoxy) is 2. The van der Waals surface area contributed by atoms with E-state index >= 15 is 0 Å². The average molecular weight is 303 g/mol. The first-order valence-electron chi connectivity index (χ1n) is 6.49. The molecule has 6 heteroatoms. The van der Waals surface area contributed by atoms with Crippen molar-refractivity contribution < 1.29 is 14.3 Å². The number of para-hydroxylation sites is 1. The Kier molecular flexibility index (Phi) is 10.8. The van der Waals surface area contributed by atoms with Crippen LogP contribution in [-0.2, 0) is 4.74 Å². The fraction of sp³-hybridized carbons (Fsp3) is 0.500. The molecule has 0 heterocycles. The minimum Gasteiger partial charge on any atom is -0.493 e. The molecule has 0 aromatic heterocycles. The van der Waals surface area contributed by atoms with Crippen LogP contribution in [0.3, 0.4) is 0 Å². The van der Waals surface area contributed by atoms with Gasteiger partial charge in [-0.3, -0.25) is 4.79 Å². The molecular weight excluding hydrogens is 280 g/mol. The predicted molar refractivity (Wildman–Crippen MR) is 81.9 cm³/mol. The average Bonchev–Trinajstić information content (AvgIpc) is 2.43. The lowest BCUT2D eigenvalue weighted by molar-refractivity contribution is 0.0950. The van der Waals surface area contributed by atoms with Crippen LogP contribution in [0.15, 0.2) is 24.3 Å². The number of carbonyl (C=O) groups is 1. The zero-order chi connectivity index (χ0) is 13.9. The minimum atomic E-state index is -0.113. The van der Waals surface area contributed by atoms with Gasteiger partial charge in [-0.15, -0.1) is 12.4 Å². The van der Waals surface area contributed by atoms with E-state index < -0.39 is 0 Å². The second-order valence-corrected chi connectivity index (χ2v) is 3.93. The molecule has 1 amide bonds. The van der Waals surface area contributed by atoms with Crippen molar-refractivity contribution >= 4 is 18.3 Å². The molecule has 0 radical (unpaired) electrons. The van der Waals surface area contributed by atoms with Crippen molar-refractivity contribution in [3.63, 3.8) is 0 Å². The summed E-state index contributed by atoms with van der Waals surface area (Å²) in [6.07, 6.45) is 0. The first-order chi connectivity index (χ1) is 9.29. The standard InChI is InChI=1S/C14H22N2O3.ClH/c1-3-19-13-7-5-4-6-12(13)14(17)16-9-8-15-10-11-18-2;/h4-7,15H,3,8-11H2,1-2H3,(H,16,17);1H. The monoisotopic (exact) mass is 302 g/mol. The largest absolute Gasteiger partial charge is 0.493 e. The van der Waals surface area contributed by atoms with Crippen LogP contribution in [-0.4, -0.2) is 45.9 Å². The van der Waals surface area contributed by atoms with Crippen molar-refractivity contribution in [3.05, 3.63) is 29.8 Å². The smallest absolute Gasteiger partial charge is 0.255 e. The van der Waals surface area contributed by atoms with E-state index in [9.17, 15) is 4.79 Å². The number of hydrogen-bond donors (Lipinski definition) is 2. The van der Waals surface area contributed by atoms with E-state index in [-0.39, 0.29) is 18.3 Å². The summed E-state index contributed by atoms with van der Waals surface area (Å²) in [5.74, 6) is 0.507. The third-order valence-corrected chi connectivity index (χ3v) is 2.50. The highest BCUT2D eigenvalue weighted by Crippen LogP contribution is 2.17. The van der Waals surface area contributed by atoms with E-state index in [2.05, 4.69) is 10.6 Å². The van der Waals surface area contributed by atoms with Gasteiger partial charge >= 0.3 is 0 Å². The number of hydrogen-bond acceptors (Lipinski definition) is 4. The molecule has 1 rings (SSSR count). The zero-order valence-corrected chi connectivity index (χ0v) is 12.8. The summed E-state index contributed by atoms with van der Waals surface area (Å²) in [4.78, 5) is 12.0. The highest BCUT2D eigenvalue weighted by molar-refractivity contribution is 5.96. The van der Waals surface area contributed by atoms with Gasteiger partial charge in [-0.1, -0.05) is 12.1 Å². The molecule has 0 saturated heterocycles. The number of amides is 1. The minimum absolute atomic E-state index is 0. The lowest BCUT2D eigenvalue weighted by atomic mass is 10.2. The Balaban J connectivity index is 0.00000361.